The number of hydrogen-bond donors (Lipinski definition) is 1. The molecule has 2 aromatic rings. The van der Waals surface area contributed by atoms with Crippen LogP contribution in [0, 0.1) is 0 Å². The molecule has 2 heterocycles. The van der Waals surface area contributed by atoms with E-state index < -0.39 is 0 Å². The second-order valence-corrected chi connectivity index (χ2v) is 3.76. The van der Waals surface area contributed by atoms with E-state index in [9.17, 15) is 4.79 Å². The molecule has 4 heteroatoms. The Kier molecular flexibility index (Phi) is 1.92. The lowest BCUT2D eigenvalue weighted by Crippen LogP contribution is -2.13. The number of nitrogens with one attached hydrogen (secondary N) is 1. The van der Waals surface area contributed by atoms with Crippen LogP contribution in [0.3, 0.4) is 0 Å². The average molecular weight is 194 g/mol. The Labute approximate surface area is 79.8 Å². The first-order valence-corrected chi connectivity index (χ1v) is 5.16. The van der Waals surface area contributed by atoms with Crippen molar-refractivity contribution in [2.75, 3.05) is 6.26 Å². The van der Waals surface area contributed by atoms with Gasteiger partial charge in [-0.05, 0) is 6.26 Å². The van der Waals surface area contributed by atoms with Crippen LogP contribution in [0.15, 0.2) is 28.2 Å². The fraction of sp³-hybridized carbons (Fsp3) is 0.222. The van der Waals surface area contributed by atoms with E-state index in [1.165, 1.54) is 0 Å². The van der Waals surface area contributed by atoms with Crippen molar-refractivity contribution in [2.45, 2.75) is 4.90 Å². The van der Waals surface area contributed by atoms with Crippen molar-refractivity contribution in [2.24, 2.45) is 7.05 Å². The molecule has 0 spiro atoms. The largest absolute Gasteiger partial charge is 0.359 e. The first-order valence-electron chi connectivity index (χ1n) is 3.94. The lowest BCUT2D eigenvalue weighted by molar-refractivity contribution is 0.868. The van der Waals surface area contributed by atoms with Crippen LogP contribution >= 0.6 is 11.8 Å². The van der Waals surface area contributed by atoms with Crippen LogP contribution in [0.25, 0.3) is 10.9 Å². The first kappa shape index (κ1) is 8.44. The molecular weight excluding hydrogens is 184 g/mol. The van der Waals surface area contributed by atoms with Crippen molar-refractivity contribution < 1.29 is 0 Å². The highest BCUT2D eigenvalue weighted by Gasteiger charge is 2.03. The van der Waals surface area contributed by atoms with Crippen molar-refractivity contribution in [3.63, 3.8) is 0 Å². The van der Waals surface area contributed by atoms with Gasteiger partial charge in [0.1, 0.15) is 0 Å². The van der Waals surface area contributed by atoms with Gasteiger partial charge in [-0.3, -0.25) is 4.79 Å². The number of hydrogen-bond acceptors (Lipinski definition) is 2. The summed E-state index contributed by atoms with van der Waals surface area (Å²) in [5.41, 5.74) is 1.04. The lowest BCUT2D eigenvalue weighted by atomic mass is 10.3. The summed E-state index contributed by atoms with van der Waals surface area (Å²) < 4.78 is 1.57. The zero-order chi connectivity index (χ0) is 9.42. The predicted molar refractivity (Wildman–Crippen MR) is 55.3 cm³/mol. The summed E-state index contributed by atoms with van der Waals surface area (Å²) in [5.74, 6) is 0. The molecule has 0 bridgehead atoms. The summed E-state index contributed by atoms with van der Waals surface area (Å²) in [6, 6.07) is 1.66. The van der Waals surface area contributed by atoms with E-state index in [4.69, 9.17) is 0 Å². The van der Waals surface area contributed by atoms with Gasteiger partial charge in [0.2, 0.25) is 0 Å². The molecule has 0 aromatic carbocycles. The highest BCUT2D eigenvalue weighted by Crippen LogP contribution is 2.23. The minimum atomic E-state index is 0.0300. The molecule has 0 aliphatic rings. The van der Waals surface area contributed by atoms with Gasteiger partial charge in [-0.2, -0.15) is 0 Å². The number of rotatable bonds is 1. The first-order chi connectivity index (χ1) is 6.22. The molecule has 0 aliphatic carbocycles. The minimum absolute atomic E-state index is 0.0300. The van der Waals surface area contributed by atoms with E-state index in [2.05, 4.69) is 4.98 Å². The van der Waals surface area contributed by atoms with E-state index in [0.717, 1.165) is 15.8 Å². The second-order valence-electron chi connectivity index (χ2n) is 2.91. The van der Waals surface area contributed by atoms with Gasteiger partial charge >= 0.3 is 0 Å². The maximum Gasteiger partial charge on any atom is 0.251 e. The summed E-state index contributed by atoms with van der Waals surface area (Å²) in [6.45, 7) is 0. The number of aromatic amines is 1. The average Bonchev–Trinajstić information content (AvgIpc) is 2.48. The topological polar surface area (TPSA) is 37.8 Å². The molecule has 1 N–H and O–H groups in total. The third kappa shape index (κ3) is 1.27. The predicted octanol–water partition coefficient (Wildman–Crippen LogP) is 1.59. The van der Waals surface area contributed by atoms with Gasteiger partial charge in [-0.1, -0.05) is 0 Å². The normalized spacial score (nSPS) is 10.9. The Morgan fingerprint density at radius 3 is 3.00 bits per heavy atom. The van der Waals surface area contributed by atoms with Gasteiger partial charge in [-0.15, -0.1) is 11.8 Å². The summed E-state index contributed by atoms with van der Waals surface area (Å²) in [5, 5.41) is 1.01. The fourth-order valence-electron chi connectivity index (χ4n) is 1.34. The number of aromatic nitrogens is 2. The lowest BCUT2D eigenvalue weighted by Gasteiger charge is -1.96. The van der Waals surface area contributed by atoms with E-state index in [1.54, 1.807) is 29.4 Å². The van der Waals surface area contributed by atoms with Crippen molar-refractivity contribution in [1.82, 2.24) is 9.55 Å². The summed E-state index contributed by atoms with van der Waals surface area (Å²) >= 11 is 1.64. The monoisotopic (exact) mass is 194 g/mol. The molecule has 0 atom stereocenters. The zero-order valence-corrected chi connectivity index (χ0v) is 8.31. The summed E-state index contributed by atoms with van der Waals surface area (Å²) in [4.78, 5) is 15.6. The molecule has 13 heavy (non-hydrogen) atoms. The maximum atomic E-state index is 11.3. The minimum Gasteiger partial charge on any atom is -0.359 e. The number of fused-ring (bicyclic) bond motifs is 1. The van der Waals surface area contributed by atoms with Gasteiger partial charge < -0.3 is 9.55 Å². The van der Waals surface area contributed by atoms with Crippen LogP contribution in [0.2, 0.25) is 0 Å². The smallest absolute Gasteiger partial charge is 0.251 e. The third-order valence-corrected chi connectivity index (χ3v) is 2.85. The van der Waals surface area contributed by atoms with Crippen LogP contribution in [0.5, 0.6) is 0 Å². The molecule has 2 rings (SSSR count). The highest BCUT2D eigenvalue weighted by atomic mass is 32.2. The van der Waals surface area contributed by atoms with Gasteiger partial charge in [0, 0.05) is 35.8 Å². The van der Waals surface area contributed by atoms with E-state index >= 15 is 0 Å². The number of pyridine rings is 1. The summed E-state index contributed by atoms with van der Waals surface area (Å²) in [7, 11) is 1.75. The van der Waals surface area contributed by atoms with Crippen molar-refractivity contribution in [3.8, 4) is 0 Å². The Hall–Kier alpha value is -1.16. The molecule has 0 amide bonds. The number of thioether (sulfide) groups is 1. The van der Waals surface area contributed by atoms with E-state index in [1.807, 2.05) is 18.6 Å². The molecule has 68 valence electrons. The maximum absolute atomic E-state index is 11.3. The number of aryl methyl sites for hydroxylation is 1. The van der Waals surface area contributed by atoms with E-state index in [0.29, 0.717) is 0 Å². The second kappa shape index (κ2) is 2.96. The van der Waals surface area contributed by atoms with Crippen LogP contribution in [0.4, 0.5) is 0 Å². The standard InChI is InChI=1S/C9H10N2OS/c1-11-5-7-6(3-9(11)12)8(13-2)4-10-7/h3-5,10H,1-2H3. The number of H-pyrrole nitrogens is 1. The van der Waals surface area contributed by atoms with E-state index in [-0.39, 0.29) is 5.56 Å². The van der Waals surface area contributed by atoms with Crippen LogP contribution in [-0.2, 0) is 7.05 Å². The van der Waals surface area contributed by atoms with Gasteiger partial charge in [0.15, 0.2) is 0 Å². The Bertz CT molecular complexity index is 498. The molecule has 0 saturated carbocycles. The van der Waals surface area contributed by atoms with Crippen molar-refractivity contribution in [1.29, 1.82) is 0 Å². The summed E-state index contributed by atoms with van der Waals surface area (Å²) in [6.07, 6.45) is 5.74. The SMILES string of the molecule is CSc1c[nH]c2cn(C)c(=O)cc12. The molecule has 0 saturated heterocycles. The quantitative estimate of drug-likeness (QED) is 0.700. The van der Waals surface area contributed by atoms with Crippen LogP contribution in [0.1, 0.15) is 0 Å². The fourth-order valence-corrected chi connectivity index (χ4v) is 1.90. The molecule has 0 unspecified atom stereocenters. The molecular formula is C9H10N2OS. The number of nitrogens with zero attached hydrogens (tertiary/aromatic N) is 1. The molecule has 0 radical (unpaired) electrons. The zero-order valence-electron chi connectivity index (χ0n) is 7.50. The molecule has 2 aromatic heterocycles. The Morgan fingerprint density at radius 2 is 2.31 bits per heavy atom. The van der Waals surface area contributed by atoms with Gasteiger partial charge in [0.05, 0.1) is 5.52 Å². The van der Waals surface area contributed by atoms with Crippen molar-refractivity contribution >= 4 is 22.7 Å². The Morgan fingerprint density at radius 1 is 1.54 bits per heavy atom. The molecule has 0 aliphatic heterocycles. The van der Waals surface area contributed by atoms with Crippen LogP contribution in [-0.4, -0.2) is 15.8 Å². The highest BCUT2D eigenvalue weighted by molar-refractivity contribution is 7.98. The van der Waals surface area contributed by atoms with Gasteiger partial charge in [0.25, 0.3) is 5.56 Å². The molecule has 3 nitrogen and oxygen atoms in total. The Balaban J connectivity index is 2.84. The third-order valence-electron chi connectivity index (χ3n) is 2.07. The van der Waals surface area contributed by atoms with Crippen LogP contribution < -0.4 is 5.56 Å². The molecule has 0 fully saturated rings. The van der Waals surface area contributed by atoms with Crippen molar-refractivity contribution in [3.05, 3.63) is 28.8 Å². The van der Waals surface area contributed by atoms with Gasteiger partial charge in [-0.25, -0.2) is 0 Å².